The van der Waals surface area contributed by atoms with Crippen molar-refractivity contribution in [2.24, 2.45) is 11.7 Å². The molecule has 0 saturated heterocycles. The molecular weight excluding hydrogens is 231 g/mol. The number of hydrogen-bond acceptors (Lipinski definition) is 2. The lowest BCUT2D eigenvalue weighted by Gasteiger charge is -2.17. The summed E-state index contributed by atoms with van der Waals surface area (Å²) in [6, 6.07) is 5.98. The van der Waals surface area contributed by atoms with Crippen LogP contribution in [0, 0.1) is 11.7 Å². The van der Waals surface area contributed by atoms with Gasteiger partial charge in [-0.05, 0) is 31.0 Å². The van der Waals surface area contributed by atoms with Crippen molar-refractivity contribution in [1.82, 2.24) is 5.32 Å². The monoisotopic (exact) mass is 248 g/mol. The van der Waals surface area contributed by atoms with Gasteiger partial charge in [0.1, 0.15) is 5.82 Å². The second kappa shape index (κ2) is 5.31. The maximum absolute atomic E-state index is 12.8. The largest absolute Gasteiger partial charge is 0.349 e. The van der Waals surface area contributed by atoms with Crippen LogP contribution in [0.1, 0.15) is 24.9 Å². The third kappa shape index (κ3) is 2.96. The highest BCUT2D eigenvalue weighted by Gasteiger charge is 2.23. The van der Waals surface area contributed by atoms with E-state index in [-0.39, 0.29) is 29.7 Å². The smallest absolute Gasteiger partial charge is 0.227 e. The van der Waals surface area contributed by atoms with E-state index in [1.54, 1.807) is 12.1 Å². The van der Waals surface area contributed by atoms with Crippen LogP contribution in [0.3, 0.4) is 0 Å². The maximum Gasteiger partial charge on any atom is 0.227 e. The third-order valence-corrected chi connectivity index (χ3v) is 3.18. The SMILES string of the molecule is CC(NC(=O)C1C=CC(N)C1)c1ccc(F)cc1. The van der Waals surface area contributed by atoms with Gasteiger partial charge in [0.2, 0.25) is 5.91 Å². The first-order chi connectivity index (χ1) is 8.56. The van der Waals surface area contributed by atoms with E-state index in [0.717, 1.165) is 5.56 Å². The molecule has 18 heavy (non-hydrogen) atoms. The molecule has 1 aromatic carbocycles. The van der Waals surface area contributed by atoms with Gasteiger partial charge < -0.3 is 11.1 Å². The molecule has 2 rings (SSSR count). The van der Waals surface area contributed by atoms with Crippen LogP contribution in [0.2, 0.25) is 0 Å². The van der Waals surface area contributed by atoms with Crippen LogP contribution in [0.15, 0.2) is 36.4 Å². The van der Waals surface area contributed by atoms with Crippen LogP contribution in [-0.2, 0) is 4.79 Å². The molecule has 1 amide bonds. The van der Waals surface area contributed by atoms with Crippen LogP contribution in [0.4, 0.5) is 4.39 Å². The number of rotatable bonds is 3. The number of nitrogens with one attached hydrogen (secondary N) is 1. The Kier molecular flexibility index (Phi) is 3.77. The number of hydrogen-bond donors (Lipinski definition) is 2. The van der Waals surface area contributed by atoms with Crippen LogP contribution in [0.25, 0.3) is 0 Å². The Bertz CT molecular complexity index is 455. The lowest BCUT2D eigenvalue weighted by atomic mass is 10.0. The Balaban J connectivity index is 1.95. The van der Waals surface area contributed by atoms with Gasteiger partial charge in [-0.3, -0.25) is 4.79 Å². The highest BCUT2D eigenvalue weighted by Crippen LogP contribution is 2.19. The molecule has 1 aliphatic carbocycles. The predicted molar refractivity (Wildman–Crippen MR) is 68.2 cm³/mol. The second-order valence-corrected chi connectivity index (χ2v) is 4.67. The molecule has 0 aromatic heterocycles. The Hall–Kier alpha value is -1.68. The van der Waals surface area contributed by atoms with Gasteiger partial charge in [0.05, 0.1) is 12.0 Å². The number of nitrogens with two attached hydrogens (primary N) is 1. The zero-order valence-electron chi connectivity index (χ0n) is 10.3. The van der Waals surface area contributed by atoms with Crippen LogP contribution in [0.5, 0.6) is 0 Å². The summed E-state index contributed by atoms with van der Waals surface area (Å²) in [6.07, 6.45) is 4.35. The molecule has 0 spiro atoms. The van der Waals surface area contributed by atoms with Gasteiger partial charge in [0.15, 0.2) is 0 Å². The Morgan fingerprint density at radius 3 is 2.61 bits per heavy atom. The molecule has 3 N–H and O–H groups in total. The number of benzene rings is 1. The van der Waals surface area contributed by atoms with Crippen molar-refractivity contribution >= 4 is 5.91 Å². The van der Waals surface area contributed by atoms with Crippen LogP contribution >= 0.6 is 0 Å². The van der Waals surface area contributed by atoms with Gasteiger partial charge in [-0.15, -0.1) is 0 Å². The zero-order chi connectivity index (χ0) is 13.1. The fraction of sp³-hybridized carbons (Fsp3) is 0.357. The Morgan fingerprint density at radius 1 is 1.39 bits per heavy atom. The van der Waals surface area contributed by atoms with Crippen molar-refractivity contribution < 1.29 is 9.18 Å². The molecule has 3 unspecified atom stereocenters. The quantitative estimate of drug-likeness (QED) is 0.803. The van der Waals surface area contributed by atoms with Gasteiger partial charge in [-0.25, -0.2) is 4.39 Å². The topological polar surface area (TPSA) is 55.1 Å². The first-order valence-corrected chi connectivity index (χ1v) is 6.06. The molecule has 0 bridgehead atoms. The van der Waals surface area contributed by atoms with Crippen molar-refractivity contribution in [3.63, 3.8) is 0 Å². The number of halogens is 1. The predicted octanol–water partition coefficient (Wildman–Crippen LogP) is 1.91. The van der Waals surface area contributed by atoms with Crippen LogP contribution < -0.4 is 11.1 Å². The van der Waals surface area contributed by atoms with Gasteiger partial charge in [-0.1, -0.05) is 24.3 Å². The molecule has 3 nitrogen and oxygen atoms in total. The number of carbonyl (C=O) groups excluding carboxylic acids is 1. The minimum Gasteiger partial charge on any atom is -0.349 e. The Morgan fingerprint density at radius 2 is 2.06 bits per heavy atom. The second-order valence-electron chi connectivity index (χ2n) is 4.67. The fourth-order valence-corrected chi connectivity index (χ4v) is 2.08. The first kappa shape index (κ1) is 12.8. The van der Waals surface area contributed by atoms with E-state index in [2.05, 4.69) is 5.32 Å². The molecule has 1 aromatic rings. The lowest BCUT2D eigenvalue weighted by molar-refractivity contribution is -0.124. The number of carbonyl (C=O) groups is 1. The van der Waals surface area contributed by atoms with E-state index in [9.17, 15) is 9.18 Å². The van der Waals surface area contributed by atoms with E-state index in [0.29, 0.717) is 6.42 Å². The van der Waals surface area contributed by atoms with E-state index in [4.69, 9.17) is 5.73 Å². The summed E-state index contributed by atoms with van der Waals surface area (Å²) in [4.78, 5) is 11.9. The Labute approximate surface area is 106 Å². The standard InChI is InChI=1S/C14H17FN2O/c1-9(10-2-5-12(15)6-3-10)17-14(18)11-4-7-13(16)8-11/h2-7,9,11,13H,8,16H2,1H3,(H,17,18). The van der Waals surface area contributed by atoms with Gasteiger partial charge in [-0.2, -0.15) is 0 Å². The van der Waals surface area contributed by atoms with Crippen molar-refractivity contribution in [3.8, 4) is 0 Å². The third-order valence-electron chi connectivity index (χ3n) is 3.18. The van der Waals surface area contributed by atoms with E-state index in [1.165, 1.54) is 12.1 Å². The summed E-state index contributed by atoms with van der Waals surface area (Å²) >= 11 is 0. The minimum absolute atomic E-state index is 0.0260. The molecule has 0 fully saturated rings. The fourth-order valence-electron chi connectivity index (χ4n) is 2.08. The highest BCUT2D eigenvalue weighted by molar-refractivity contribution is 5.81. The van der Waals surface area contributed by atoms with E-state index >= 15 is 0 Å². The minimum atomic E-state index is -0.276. The van der Waals surface area contributed by atoms with Crippen molar-refractivity contribution in [2.75, 3.05) is 0 Å². The normalized spacial score (nSPS) is 23.9. The van der Waals surface area contributed by atoms with Gasteiger partial charge >= 0.3 is 0 Å². The molecule has 96 valence electrons. The molecule has 0 aliphatic heterocycles. The zero-order valence-corrected chi connectivity index (χ0v) is 10.3. The summed E-state index contributed by atoms with van der Waals surface area (Å²) in [5, 5.41) is 2.91. The molecule has 4 heteroatoms. The highest BCUT2D eigenvalue weighted by atomic mass is 19.1. The van der Waals surface area contributed by atoms with Crippen LogP contribution in [-0.4, -0.2) is 11.9 Å². The van der Waals surface area contributed by atoms with Crippen molar-refractivity contribution in [1.29, 1.82) is 0 Å². The summed E-state index contributed by atoms with van der Waals surface area (Å²) < 4.78 is 12.8. The molecular formula is C14H17FN2O. The summed E-state index contributed by atoms with van der Waals surface area (Å²) in [6.45, 7) is 1.88. The van der Waals surface area contributed by atoms with Gasteiger partial charge in [0.25, 0.3) is 0 Å². The van der Waals surface area contributed by atoms with Gasteiger partial charge in [0, 0.05) is 6.04 Å². The van der Waals surface area contributed by atoms with Crippen molar-refractivity contribution in [2.45, 2.75) is 25.4 Å². The molecule has 0 radical (unpaired) electrons. The summed E-state index contributed by atoms with van der Waals surface area (Å²) in [7, 11) is 0. The lowest BCUT2D eigenvalue weighted by Crippen LogP contribution is -2.32. The molecule has 0 heterocycles. The first-order valence-electron chi connectivity index (χ1n) is 6.06. The van der Waals surface area contributed by atoms with E-state index < -0.39 is 0 Å². The number of amides is 1. The average Bonchev–Trinajstić information content (AvgIpc) is 2.76. The summed E-state index contributed by atoms with van der Waals surface area (Å²) in [5.41, 5.74) is 6.60. The molecule has 3 atom stereocenters. The van der Waals surface area contributed by atoms with E-state index in [1.807, 2.05) is 19.1 Å². The molecule has 0 saturated carbocycles. The maximum atomic E-state index is 12.8. The molecule has 1 aliphatic rings. The van der Waals surface area contributed by atoms with Crippen molar-refractivity contribution in [3.05, 3.63) is 47.8 Å². The average molecular weight is 248 g/mol. The summed E-state index contributed by atoms with van der Waals surface area (Å²) in [5.74, 6) is -0.458.